The Balaban J connectivity index is 2.12. The van der Waals surface area contributed by atoms with Gasteiger partial charge < -0.3 is 10.1 Å². The molecule has 0 bridgehead atoms. The van der Waals surface area contributed by atoms with Crippen LogP contribution in [-0.4, -0.2) is 19.7 Å². The smallest absolute Gasteiger partial charge is 0.0716 e. The van der Waals surface area contributed by atoms with Gasteiger partial charge in [-0.3, -0.25) is 0 Å². The van der Waals surface area contributed by atoms with Crippen molar-refractivity contribution in [2.75, 3.05) is 19.7 Å². The van der Waals surface area contributed by atoms with Gasteiger partial charge in [0.05, 0.1) is 6.61 Å². The van der Waals surface area contributed by atoms with Crippen molar-refractivity contribution in [3.63, 3.8) is 0 Å². The molecule has 0 spiro atoms. The summed E-state index contributed by atoms with van der Waals surface area (Å²) in [7, 11) is 0. The third kappa shape index (κ3) is 8.34. The summed E-state index contributed by atoms with van der Waals surface area (Å²) in [6.45, 7) is 8.26. The van der Waals surface area contributed by atoms with E-state index in [2.05, 4.69) is 43.4 Å². The molecule has 0 aromatic heterocycles. The summed E-state index contributed by atoms with van der Waals surface area (Å²) in [4.78, 5) is 0. The van der Waals surface area contributed by atoms with E-state index in [4.69, 9.17) is 4.74 Å². The molecule has 114 valence electrons. The van der Waals surface area contributed by atoms with Crippen molar-refractivity contribution >= 4 is 0 Å². The molecule has 2 nitrogen and oxygen atoms in total. The van der Waals surface area contributed by atoms with Gasteiger partial charge in [0.15, 0.2) is 0 Å². The summed E-state index contributed by atoms with van der Waals surface area (Å²) < 4.78 is 5.71. The minimum absolute atomic E-state index is 0.750. The summed E-state index contributed by atoms with van der Waals surface area (Å²) in [6.07, 6.45) is 7.40. The molecule has 2 heteroatoms. The summed E-state index contributed by atoms with van der Waals surface area (Å²) >= 11 is 0. The molecular formula is C18H31NO. The second-order valence-corrected chi connectivity index (χ2v) is 5.43. The van der Waals surface area contributed by atoms with Gasteiger partial charge in [-0.1, -0.05) is 57.4 Å². The molecule has 0 radical (unpaired) electrons. The lowest BCUT2D eigenvalue weighted by Gasteiger charge is -2.06. The van der Waals surface area contributed by atoms with Crippen LogP contribution < -0.4 is 5.32 Å². The molecule has 0 unspecified atom stereocenters. The number of benzene rings is 1. The number of nitrogens with one attached hydrogen (secondary N) is 1. The Bertz CT molecular complexity index is 321. The highest BCUT2D eigenvalue weighted by atomic mass is 16.5. The van der Waals surface area contributed by atoms with Gasteiger partial charge in [0.2, 0.25) is 0 Å². The number of rotatable bonds is 12. The van der Waals surface area contributed by atoms with Crippen molar-refractivity contribution in [3.05, 3.63) is 35.4 Å². The molecular weight excluding hydrogens is 246 g/mol. The molecule has 0 fully saturated rings. The van der Waals surface area contributed by atoms with E-state index in [1.165, 1.54) is 43.2 Å². The monoisotopic (exact) mass is 277 g/mol. The number of hydrogen-bond acceptors (Lipinski definition) is 2. The summed E-state index contributed by atoms with van der Waals surface area (Å²) in [5, 5.41) is 3.43. The average Bonchev–Trinajstić information content (AvgIpc) is 2.49. The van der Waals surface area contributed by atoms with Crippen LogP contribution in [0, 0.1) is 0 Å². The van der Waals surface area contributed by atoms with Crippen molar-refractivity contribution in [3.8, 4) is 0 Å². The first kappa shape index (κ1) is 17.2. The average molecular weight is 277 g/mol. The first-order valence-electron chi connectivity index (χ1n) is 8.23. The molecule has 0 atom stereocenters. The van der Waals surface area contributed by atoms with Gasteiger partial charge in [-0.25, -0.2) is 0 Å². The van der Waals surface area contributed by atoms with Crippen molar-refractivity contribution in [1.29, 1.82) is 0 Å². The van der Waals surface area contributed by atoms with Crippen LogP contribution >= 0.6 is 0 Å². The van der Waals surface area contributed by atoms with Crippen LogP contribution in [0.1, 0.15) is 57.1 Å². The van der Waals surface area contributed by atoms with Crippen molar-refractivity contribution < 1.29 is 4.74 Å². The topological polar surface area (TPSA) is 21.3 Å². The van der Waals surface area contributed by atoms with Crippen LogP contribution in [0.5, 0.6) is 0 Å². The van der Waals surface area contributed by atoms with Gasteiger partial charge in [0, 0.05) is 6.61 Å². The SMILES string of the molecule is CCCCCCOCc1ccc(CCNCCC)cc1. The molecule has 1 aromatic rings. The minimum Gasteiger partial charge on any atom is -0.377 e. The number of ether oxygens (including phenoxy) is 1. The quantitative estimate of drug-likeness (QED) is 0.574. The highest BCUT2D eigenvalue weighted by Crippen LogP contribution is 2.07. The highest BCUT2D eigenvalue weighted by molar-refractivity contribution is 5.22. The standard InChI is InChI=1S/C18H31NO/c1-3-5-6-7-15-20-16-18-10-8-17(9-11-18)12-14-19-13-4-2/h8-11,19H,3-7,12-16H2,1-2H3. The maximum atomic E-state index is 5.71. The lowest BCUT2D eigenvalue weighted by molar-refractivity contribution is 0.117. The van der Waals surface area contributed by atoms with Crippen LogP contribution in [0.25, 0.3) is 0 Å². The first-order valence-corrected chi connectivity index (χ1v) is 8.23. The van der Waals surface area contributed by atoms with E-state index >= 15 is 0 Å². The number of hydrogen-bond donors (Lipinski definition) is 1. The lowest BCUT2D eigenvalue weighted by Crippen LogP contribution is -2.17. The summed E-state index contributed by atoms with van der Waals surface area (Å²) in [5.74, 6) is 0. The normalized spacial score (nSPS) is 10.9. The van der Waals surface area contributed by atoms with Crippen LogP contribution in [0.15, 0.2) is 24.3 Å². The fraction of sp³-hybridized carbons (Fsp3) is 0.667. The van der Waals surface area contributed by atoms with Gasteiger partial charge in [-0.15, -0.1) is 0 Å². The maximum Gasteiger partial charge on any atom is 0.0716 e. The fourth-order valence-electron chi connectivity index (χ4n) is 2.16. The number of unbranched alkanes of at least 4 members (excludes halogenated alkanes) is 3. The Kier molecular flexibility index (Phi) is 10.3. The van der Waals surface area contributed by atoms with Crippen molar-refractivity contribution in [2.24, 2.45) is 0 Å². The first-order chi connectivity index (χ1) is 9.86. The van der Waals surface area contributed by atoms with Gasteiger partial charge in [-0.05, 0) is 43.5 Å². The van der Waals surface area contributed by atoms with Gasteiger partial charge in [0.25, 0.3) is 0 Å². The molecule has 0 saturated carbocycles. The van der Waals surface area contributed by atoms with Crippen LogP contribution in [0.2, 0.25) is 0 Å². The third-order valence-corrected chi connectivity index (χ3v) is 3.45. The van der Waals surface area contributed by atoms with Crippen molar-refractivity contribution in [2.45, 2.75) is 59.0 Å². The molecule has 20 heavy (non-hydrogen) atoms. The second-order valence-electron chi connectivity index (χ2n) is 5.43. The molecule has 0 aliphatic heterocycles. The molecule has 0 amide bonds. The highest BCUT2D eigenvalue weighted by Gasteiger charge is 1.96. The predicted molar refractivity (Wildman–Crippen MR) is 87.1 cm³/mol. The maximum absolute atomic E-state index is 5.71. The van der Waals surface area contributed by atoms with Gasteiger partial charge in [-0.2, -0.15) is 0 Å². The van der Waals surface area contributed by atoms with Crippen LogP contribution in [0.4, 0.5) is 0 Å². The zero-order chi connectivity index (χ0) is 14.5. The third-order valence-electron chi connectivity index (χ3n) is 3.45. The Morgan fingerprint density at radius 2 is 1.60 bits per heavy atom. The fourth-order valence-corrected chi connectivity index (χ4v) is 2.16. The molecule has 1 N–H and O–H groups in total. The lowest BCUT2D eigenvalue weighted by atomic mass is 10.1. The predicted octanol–water partition coefficient (Wildman–Crippen LogP) is 4.33. The minimum atomic E-state index is 0.750. The van der Waals surface area contributed by atoms with Gasteiger partial charge in [0.1, 0.15) is 0 Å². The zero-order valence-electron chi connectivity index (χ0n) is 13.3. The Morgan fingerprint density at radius 1 is 0.850 bits per heavy atom. The summed E-state index contributed by atoms with van der Waals surface area (Å²) in [6, 6.07) is 8.84. The van der Waals surface area contributed by atoms with E-state index in [-0.39, 0.29) is 0 Å². The van der Waals surface area contributed by atoms with E-state index in [0.29, 0.717) is 0 Å². The molecule has 1 aromatic carbocycles. The molecule has 0 saturated heterocycles. The summed E-state index contributed by atoms with van der Waals surface area (Å²) in [5.41, 5.74) is 2.69. The zero-order valence-corrected chi connectivity index (χ0v) is 13.3. The van der Waals surface area contributed by atoms with E-state index in [0.717, 1.165) is 32.7 Å². The molecule has 0 aliphatic rings. The second kappa shape index (κ2) is 11.9. The van der Waals surface area contributed by atoms with E-state index < -0.39 is 0 Å². The molecule has 1 rings (SSSR count). The van der Waals surface area contributed by atoms with E-state index in [1.54, 1.807) is 0 Å². The largest absolute Gasteiger partial charge is 0.377 e. The Morgan fingerprint density at radius 3 is 2.30 bits per heavy atom. The molecule has 0 heterocycles. The van der Waals surface area contributed by atoms with E-state index in [1.807, 2.05) is 0 Å². The van der Waals surface area contributed by atoms with E-state index in [9.17, 15) is 0 Å². The van der Waals surface area contributed by atoms with Gasteiger partial charge >= 0.3 is 0 Å². The van der Waals surface area contributed by atoms with Crippen LogP contribution in [0.3, 0.4) is 0 Å². The Hall–Kier alpha value is -0.860. The van der Waals surface area contributed by atoms with Crippen molar-refractivity contribution in [1.82, 2.24) is 5.32 Å². The Labute approximate surface area is 124 Å². The molecule has 0 aliphatic carbocycles. The van der Waals surface area contributed by atoms with Crippen LogP contribution in [-0.2, 0) is 17.8 Å².